The van der Waals surface area contributed by atoms with Crippen LogP contribution in [-0.4, -0.2) is 22.6 Å². The Morgan fingerprint density at radius 1 is 1.05 bits per heavy atom. The summed E-state index contributed by atoms with van der Waals surface area (Å²) in [6, 6.07) is 2.58. The SMILES string of the molecule is CCNc1cc(NC2CC(C)CC(C)C2)nc(CC)n1. The molecule has 2 unspecified atom stereocenters. The lowest BCUT2D eigenvalue weighted by Gasteiger charge is -2.32. The van der Waals surface area contributed by atoms with Crippen LogP contribution in [0.5, 0.6) is 0 Å². The Balaban J connectivity index is 2.09. The molecule has 0 aromatic carbocycles. The third-order valence-corrected chi connectivity index (χ3v) is 3.98. The summed E-state index contributed by atoms with van der Waals surface area (Å²) in [5, 5.41) is 6.91. The van der Waals surface area contributed by atoms with Crippen LogP contribution >= 0.6 is 0 Å². The van der Waals surface area contributed by atoms with Crippen LogP contribution in [0.1, 0.15) is 52.8 Å². The van der Waals surface area contributed by atoms with Gasteiger partial charge in [-0.1, -0.05) is 20.8 Å². The maximum Gasteiger partial charge on any atom is 0.132 e. The molecule has 2 rings (SSSR count). The summed E-state index contributed by atoms with van der Waals surface area (Å²) in [5.74, 6) is 4.41. The van der Waals surface area contributed by atoms with Crippen molar-refractivity contribution in [3.63, 3.8) is 0 Å². The van der Waals surface area contributed by atoms with Crippen molar-refractivity contribution in [2.45, 2.75) is 59.4 Å². The monoisotopic (exact) mass is 276 g/mol. The van der Waals surface area contributed by atoms with Crippen LogP contribution in [0, 0.1) is 11.8 Å². The number of anilines is 2. The van der Waals surface area contributed by atoms with E-state index in [9.17, 15) is 0 Å². The van der Waals surface area contributed by atoms with E-state index in [2.05, 4.69) is 48.3 Å². The molecule has 0 aliphatic heterocycles. The Bertz CT molecular complexity index is 422. The van der Waals surface area contributed by atoms with Crippen molar-refractivity contribution in [1.82, 2.24) is 9.97 Å². The van der Waals surface area contributed by atoms with E-state index in [4.69, 9.17) is 0 Å². The van der Waals surface area contributed by atoms with Crippen LogP contribution in [0.2, 0.25) is 0 Å². The predicted octanol–water partition coefficient (Wildman–Crippen LogP) is 3.71. The summed E-state index contributed by atoms with van der Waals surface area (Å²) in [7, 11) is 0. The van der Waals surface area contributed by atoms with Crippen molar-refractivity contribution >= 4 is 11.6 Å². The Kier molecular flexibility index (Phi) is 5.21. The highest BCUT2D eigenvalue weighted by atomic mass is 15.1. The molecule has 4 heteroatoms. The Morgan fingerprint density at radius 3 is 2.30 bits per heavy atom. The third kappa shape index (κ3) is 4.09. The zero-order valence-corrected chi connectivity index (χ0v) is 13.2. The molecule has 20 heavy (non-hydrogen) atoms. The summed E-state index contributed by atoms with van der Waals surface area (Å²) in [6.07, 6.45) is 4.70. The molecule has 1 saturated carbocycles. The molecule has 1 fully saturated rings. The molecule has 1 aromatic rings. The molecule has 0 amide bonds. The molecule has 0 saturated heterocycles. The van der Waals surface area contributed by atoms with Gasteiger partial charge in [-0.2, -0.15) is 0 Å². The van der Waals surface area contributed by atoms with Crippen molar-refractivity contribution < 1.29 is 0 Å². The minimum atomic E-state index is 0.544. The van der Waals surface area contributed by atoms with Crippen molar-refractivity contribution in [2.24, 2.45) is 11.8 Å². The number of hydrogen-bond donors (Lipinski definition) is 2. The van der Waals surface area contributed by atoms with Crippen LogP contribution in [0.25, 0.3) is 0 Å². The van der Waals surface area contributed by atoms with Crippen LogP contribution in [0.15, 0.2) is 6.07 Å². The summed E-state index contributed by atoms with van der Waals surface area (Å²) < 4.78 is 0. The van der Waals surface area contributed by atoms with Gasteiger partial charge in [-0.3, -0.25) is 0 Å². The van der Waals surface area contributed by atoms with Gasteiger partial charge in [0.15, 0.2) is 0 Å². The first-order valence-electron chi connectivity index (χ1n) is 7.99. The smallest absolute Gasteiger partial charge is 0.132 e. The van der Waals surface area contributed by atoms with Gasteiger partial charge in [-0.25, -0.2) is 9.97 Å². The topological polar surface area (TPSA) is 49.8 Å². The summed E-state index contributed by atoms with van der Waals surface area (Å²) in [5.41, 5.74) is 0. The lowest BCUT2D eigenvalue weighted by Crippen LogP contribution is -2.30. The molecule has 1 aromatic heterocycles. The van der Waals surface area contributed by atoms with Crippen molar-refractivity contribution in [2.75, 3.05) is 17.2 Å². The van der Waals surface area contributed by atoms with Gasteiger partial charge in [0.2, 0.25) is 0 Å². The second-order valence-electron chi connectivity index (χ2n) is 6.20. The summed E-state index contributed by atoms with van der Waals surface area (Å²) in [4.78, 5) is 9.12. The van der Waals surface area contributed by atoms with E-state index in [0.29, 0.717) is 6.04 Å². The minimum Gasteiger partial charge on any atom is -0.370 e. The zero-order valence-electron chi connectivity index (χ0n) is 13.2. The molecule has 2 N–H and O–H groups in total. The van der Waals surface area contributed by atoms with E-state index < -0.39 is 0 Å². The van der Waals surface area contributed by atoms with Crippen LogP contribution < -0.4 is 10.6 Å². The van der Waals surface area contributed by atoms with E-state index in [1.807, 2.05) is 6.07 Å². The van der Waals surface area contributed by atoms with Gasteiger partial charge < -0.3 is 10.6 Å². The second kappa shape index (κ2) is 6.91. The number of rotatable bonds is 5. The van der Waals surface area contributed by atoms with Crippen LogP contribution in [-0.2, 0) is 6.42 Å². The minimum absolute atomic E-state index is 0.544. The van der Waals surface area contributed by atoms with Gasteiger partial charge in [0.05, 0.1) is 0 Å². The van der Waals surface area contributed by atoms with Gasteiger partial charge in [0, 0.05) is 25.1 Å². The maximum atomic E-state index is 4.62. The molecule has 1 heterocycles. The third-order valence-electron chi connectivity index (χ3n) is 3.98. The van der Waals surface area contributed by atoms with Crippen LogP contribution in [0.3, 0.4) is 0 Å². The highest BCUT2D eigenvalue weighted by molar-refractivity contribution is 5.48. The van der Waals surface area contributed by atoms with E-state index in [-0.39, 0.29) is 0 Å². The lowest BCUT2D eigenvalue weighted by molar-refractivity contribution is 0.280. The zero-order chi connectivity index (χ0) is 14.5. The Hall–Kier alpha value is -1.32. The average Bonchev–Trinajstić information content (AvgIpc) is 2.37. The predicted molar refractivity (Wildman–Crippen MR) is 85.2 cm³/mol. The van der Waals surface area contributed by atoms with Crippen molar-refractivity contribution in [3.8, 4) is 0 Å². The number of nitrogens with one attached hydrogen (secondary N) is 2. The fourth-order valence-corrected chi connectivity index (χ4v) is 3.27. The maximum absolute atomic E-state index is 4.62. The molecule has 1 aliphatic rings. The first-order chi connectivity index (χ1) is 9.60. The quantitative estimate of drug-likeness (QED) is 0.861. The number of hydrogen-bond acceptors (Lipinski definition) is 4. The summed E-state index contributed by atoms with van der Waals surface area (Å²) >= 11 is 0. The molecular weight excluding hydrogens is 248 g/mol. The number of aryl methyl sites for hydroxylation is 1. The molecule has 112 valence electrons. The van der Waals surface area contributed by atoms with Crippen LogP contribution in [0.4, 0.5) is 11.6 Å². The van der Waals surface area contributed by atoms with E-state index in [0.717, 1.165) is 42.3 Å². The van der Waals surface area contributed by atoms with Crippen molar-refractivity contribution in [3.05, 3.63) is 11.9 Å². The van der Waals surface area contributed by atoms with E-state index >= 15 is 0 Å². The lowest BCUT2D eigenvalue weighted by atomic mass is 9.80. The Labute approximate surface area is 122 Å². The Morgan fingerprint density at radius 2 is 1.70 bits per heavy atom. The van der Waals surface area contributed by atoms with E-state index in [1.54, 1.807) is 0 Å². The second-order valence-corrected chi connectivity index (χ2v) is 6.20. The van der Waals surface area contributed by atoms with Gasteiger partial charge in [-0.15, -0.1) is 0 Å². The molecule has 4 nitrogen and oxygen atoms in total. The number of nitrogens with zero attached hydrogens (tertiary/aromatic N) is 2. The van der Waals surface area contributed by atoms with Gasteiger partial charge in [0.25, 0.3) is 0 Å². The standard InChI is InChI=1S/C16H28N4/c1-5-14-19-15(17-6-2)10-16(20-14)18-13-8-11(3)7-12(4)9-13/h10-13H,5-9H2,1-4H3,(H2,17,18,19,20). The largest absolute Gasteiger partial charge is 0.370 e. The van der Waals surface area contributed by atoms with Gasteiger partial charge in [-0.05, 0) is 38.0 Å². The fourth-order valence-electron chi connectivity index (χ4n) is 3.27. The first-order valence-corrected chi connectivity index (χ1v) is 7.99. The molecule has 0 radical (unpaired) electrons. The number of aromatic nitrogens is 2. The molecule has 0 bridgehead atoms. The molecule has 1 aliphatic carbocycles. The highest BCUT2D eigenvalue weighted by Gasteiger charge is 2.24. The first kappa shape index (κ1) is 15.1. The van der Waals surface area contributed by atoms with E-state index in [1.165, 1.54) is 19.3 Å². The molecule has 2 atom stereocenters. The van der Waals surface area contributed by atoms with Crippen molar-refractivity contribution in [1.29, 1.82) is 0 Å². The normalized spacial score (nSPS) is 26.3. The molecular formula is C16H28N4. The highest BCUT2D eigenvalue weighted by Crippen LogP contribution is 2.30. The fraction of sp³-hybridized carbons (Fsp3) is 0.750. The van der Waals surface area contributed by atoms with Gasteiger partial charge in [0.1, 0.15) is 17.5 Å². The summed E-state index contributed by atoms with van der Waals surface area (Å²) in [6.45, 7) is 9.78. The van der Waals surface area contributed by atoms with Gasteiger partial charge >= 0.3 is 0 Å². The molecule has 0 spiro atoms. The average molecular weight is 276 g/mol.